The number of amidine groups is 1. The molecular formula is C8H11N3O. The van der Waals surface area contributed by atoms with Gasteiger partial charge in [-0.1, -0.05) is 0 Å². The van der Waals surface area contributed by atoms with Gasteiger partial charge in [0.15, 0.2) is 6.23 Å². The van der Waals surface area contributed by atoms with E-state index in [1.807, 2.05) is 20.0 Å². The first kappa shape index (κ1) is 7.36. The number of aliphatic imine (C=N–C) groups is 1. The molecule has 4 nitrogen and oxygen atoms in total. The minimum atomic E-state index is -0.590. The Labute approximate surface area is 70.5 Å². The first-order valence-electron chi connectivity index (χ1n) is 3.83. The molecule has 2 heterocycles. The summed E-state index contributed by atoms with van der Waals surface area (Å²) in [6, 6.07) is 1.86. The summed E-state index contributed by atoms with van der Waals surface area (Å²) in [6.45, 7) is 1.87. The average molecular weight is 165 g/mol. The van der Waals surface area contributed by atoms with Crippen LogP contribution in [0.2, 0.25) is 0 Å². The van der Waals surface area contributed by atoms with Crippen LogP contribution >= 0.6 is 0 Å². The van der Waals surface area contributed by atoms with Crippen LogP contribution in [0.1, 0.15) is 18.8 Å². The van der Waals surface area contributed by atoms with Crippen molar-refractivity contribution in [3.8, 4) is 0 Å². The molecule has 0 amide bonds. The number of aliphatic hydroxyl groups is 1. The summed E-state index contributed by atoms with van der Waals surface area (Å²) in [6.07, 6.45) is 1.19. The van der Waals surface area contributed by atoms with E-state index in [4.69, 9.17) is 0 Å². The Morgan fingerprint density at radius 1 is 1.67 bits per heavy atom. The molecule has 0 fully saturated rings. The highest BCUT2D eigenvalue weighted by atomic mass is 16.3. The smallest absolute Gasteiger partial charge is 0.171 e. The molecule has 12 heavy (non-hydrogen) atoms. The van der Waals surface area contributed by atoms with E-state index in [-0.39, 0.29) is 0 Å². The molecule has 1 aromatic heterocycles. The zero-order chi connectivity index (χ0) is 8.72. The van der Waals surface area contributed by atoms with E-state index in [0.29, 0.717) is 0 Å². The number of H-pyrrole nitrogens is 1. The Bertz CT molecular complexity index is 329. The number of hydrogen-bond acceptors (Lipinski definition) is 3. The van der Waals surface area contributed by atoms with Gasteiger partial charge in [-0.3, -0.25) is 0 Å². The molecule has 4 heteroatoms. The summed E-state index contributed by atoms with van der Waals surface area (Å²) in [5.74, 6) is 0.828. The number of aliphatic hydroxyl groups excluding tert-OH is 1. The normalized spacial score (nSPS) is 22.1. The molecule has 64 valence electrons. The highest BCUT2D eigenvalue weighted by Gasteiger charge is 2.23. The Morgan fingerprint density at radius 3 is 3.17 bits per heavy atom. The van der Waals surface area contributed by atoms with Crippen molar-refractivity contribution < 1.29 is 5.11 Å². The third kappa shape index (κ3) is 0.848. The molecule has 0 saturated carbocycles. The summed E-state index contributed by atoms with van der Waals surface area (Å²) < 4.78 is 0. The van der Waals surface area contributed by atoms with Gasteiger partial charge in [-0.2, -0.15) is 0 Å². The lowest BCUT2D eigenvalue weighted by Gasteiger charge is -2.28. The largest absolute Gasteiger partial charge is 0.368 e. The third-order valence-electron chi connectivity index (χ3n) is 2.17. The number of rotatable bonds is 0. The second kappa shape index (κ2) is 2.35. The molecule has 0 bridgehead atoms. The number of nitrogens with one attached hydrogen (secondary N) is 1. The maximum Gasteiger partial charge on any atom is 0.171 e. The summed E-state index contributed by atoms with van der Waals surface area (Å²) in [5.41, 5.74) is 1.60. The molecule has 0 radical (unpaired) electrons. The minimum absolute atomic E-state index is 0.590. The van der Waals surface area contributed by atoms with Gasteiger partial charge in [-0.05, 0) is 13.0 Å². The van der Waals surface area contributed by atoms with Crippen molar-refractivity contribution in [1.82, 2.24) is 9.88 Å². The van der Waals surface area contributed by atoms with Gasteiger partial charge < -0.3 is 15.0 Å². The number of aromatic nitrogens is 1. The fourth-order valence-corrected chi connectivity index (χ4v) is 1.30. The van der Waals surface area contributed by atoms with Gasteiger partial charge in [0.1, 0.15) is 5.84 Å². The molecule has 1 aromatic rings. The molecule has 0 aliphatic carbocycles. The van der Waals surface area contributed by atoms with E-state index in [1.54, 1.807) is 11.1 Å². The van der Waals surface area contributed by atoms with Crippen LogP contribution in [0, 0.1) is 0 Å². The zero-order valence-corrected chi connectivity index (χ0v) is 7.07. The molecule has 0 saturated heterocycles. The standard InChI is InChI=1S/C8H11N3O/c1-5-10-6-3-4-9-7(6)8(12)11(5)2/h3-4,8-9,12H,1-2H3. The molecule has 2 N–H and O–H groups in total. The van der Waals surface area contributed by atoms with Crippen LogP contribution in [-0.2, 0) is 0 Å². The zero-order valence-electron chi connectivity index (χ0n) is 7.07. The topological polar surface area (TPSA) is 51.6 Å². The second-order valence-electron chi connectivity index (χ2n) is 2.92. The molecule has 1 aliphatic heterocycles. The van der Waals surface area contributed by atoms with E-state index < -0.39 is 6.23 Å². The molecule has 1 unspecified atom stereocenters. The molecule has 1 aliphatic rings. The highest BCUT2D eigenvalue weighted by Crippen LogP contribution is 2.30. The summed E-state index contributed by atoms with van der Waals surface area (Å²) in [4.78, 5) is 8.97. The average Bonchev–Trinajstić information content (AvgIpc) is 2.48. The Morgan fingerprint density at radius 2 is 2.42 bits per heavy atom. The van der Waals surface area contributed by atoms with E-state index in [1.165, 1.54) is 0 Å². The fourth-order valence-electron chi connectivity index (χ4n) is 1.30. The minimum Gasteiger partial charge on any atom is -0.368 e. The molecular weight excluding hydrogens is 154 g/mol. The van der Waals surface area contributed by atoms with Crippen LogP contribution in [0.4, 0.5) is 5.69 Å². The van der Waals surface area contributed by atoms with Gasteiger partial charge in [0, 0.05) is 13.2 Å². The Balaban J connectivity index is 2.53. The first-order valence-corrected chi connectivity index (χ1v) is 3.83. The lowest BCUT2D eigenvalue weighted by Crippen LogP contribution is -2.31. The van der Waals surface area contributed by atoms with E-state index in [0.717, 1.165) is 17.2 Å². The van der Waals surface area contributed by atoms with Crippen molar-refractivity contribution >= 4 is 11.5 Å². The van der Waals surface area contributed by atoms with E-state index >= 15 is 0 Å². The van der Waals surface area contributed by atoms with Crippen molar-refractivity contribution in [2.45, 2.75) is 13.2 Å². The fraction of sp³-hybridized carbons (Fsp3) is 0.375. The maximum atomic E-state index is 9.70. The van der Waals surface area contributed by atoms with Gasteiger partial charge >= 0.3 is 0 Å². The van der Waals surface area contributed by atoms with E-state index in [2.05, 4.69) is 9.98 Å². The van der Waals surface area contributed by atoms with Gasteiger partial charge in [-0.25, -0.2) is 4.99 Å². The lowest BCUT2D eigenvalue weighted by atomic mass is 10.2. The highest BCUT2D eigenvalue weighted by molar-refractivity contribution is 5.84. The van der Waals surface area contributed by atoms with Crippen LogP contribution < -0.4 is 0 Å². The Kier molecular flexibility index (Phi) is 1.44. The molecule has 0 aromatic carbocycles. The first-order chi connectivity index (χ1) is 5.70. The van der Waals surface area contributed by atoms with E-state index in [9.17, 15) is 5.11 Å². The predicted octanol–water partition coefficient (Wildman–Crippen LogP) is 1.00. The van der Waals surface area contributed by atoms with Crippen LogP contribution in [0.5, 0.6) is 0 Å². The van der Waals surface area contributed by atoms with Crippen molar-refractivity contribution in [2.75, 3.05) is 7.05 Å². The van der Waals surface area contributed by atoms with Gasteiger partial charge in [0.05, 0.1) is 11.4 Å². The number of aromatic amines is 1. The number of fused-ring (bicyclic) bond motifs is 1. The summed E-state index contributed by atoms with van der Waals surface area (Å²) in [7, 11) is 1.81. The summed E-state index contributed by atoms with van der Waals surface area (Å²) in [5, 5.41) is 9.70. The lowest BCUT2D eigenvalue weighted by molar-refractivity contribution is 0.0633. The van der Waals surface area contributed by atoms with Crippen LogP contribution in [0.15, 0.2) is 17.3 Å². The van der Waals surface area contributed by atoms with Gasteiger partial charge in [0.25, 0.3) is 0 Å². The van der Waals surface area contributed by atoms with Crippen molar-refractivity contribution in [2.24, 2.45) is 4.99 Å². The maximum absolute atomic E-state index is 9.70. The van der Waals surface area contributed by atoms with Crippen molar-refractivity contribution in [3.63, 3.8) is 0 Å². The van der Waals surface area contributed by atoms with Crippen molar-refractivity contribution in [1.29, 1.82) is 0 Å². The SMILES string of the molecule is CC1=Nc2cc[nH]c2C(O)N1C. The summed E-state index contributed by atoms with van der Waals surface area (Å²) >= 11 is 0. The number of nitrogens with zero attached hydrogens (tertiary/aromatic N) is 2. The monoisotopic (exact) mass is 165 g/mol. The Hall–Kier alpha value is -1.29. The molecule has 0 spiro atoms. The van der Waals surface area contributed by atoms with Crippen LogP contribution in [0.3, 0.4) is 0 Å². The quantitative estimate of drug-likeness (QED) is 0.602. The van der Waals surface area contributed by atoms with Gasteiger partial charge in [0.2, 0.25) is 0 Å². The van der Waals surface area contributed by atoms with Crippen LogP contribution in [-0.4, -0.2) is 27.9 Å². The third-order valence-corrected chi connectivity index (χ3v) is 2.17. The second-order valence-corrected chi connectivity index (χ2v) is 2.92. The molecule has 2 rings (SSSR count). The molecule has 1 atom stereocenters. The van der Waals surface area contributed by atoms with Gasteiger partial charge in [-0.15, -0.1) is 0 Å². The predicted molar refractivity (Wildman–Crippen MR) is 46.3 cm³/mol. The van der Waals surface area contributed by atoms with Crippen LogP contribution in [0.25, 0.3) is 0 Å². The van der Waals surface area contributed by atoms with Crippen molar-refractivity contribution in [3.05, 3.63) is 18.0 Å². The number of hydrogen-bond donors (Lipinski definition) is 2.